The molecule has 69 heavy (non-hydrogen) atoms. The second-order valence-corrected chi connectivity index (χ2v) is 17.9. The highest BCUT2D eigenvalue weighted by atomic mass is 15.1. The Morgan fingerprint density at radius 1 is 0.420 bits per heavy atom. The molecule has 2 atom stereocenters. The van der Waals surface area contributed by atoms with Gasteiger partial charge in [-0.3, -0.25) is 9.13 Å². The molecular weight excluding hydrogens is 841 g/mol. The van der Waals surface area contributed by atoms with Gasteiger partial charge in [0.05, 0.1) is 50.5 Å². The van der Waals surface area contributed by atoms with E-state index in [1.807, 2.05) is 0 Å². The molecule has 0 radical (unpaired) electrons. The maximum atomic E-state index is 5.57. The van der Waals surface area contributed by atoms with Gasteiger partial charge in [0, 0.05) is 28.2 Å². The predicted molar refractivity (Wildman–Crippen MR) is 284 cm³/mol. The van der Waals surface area contributed by atoms with Crippen LogP contribution in [0.1, 0.15) is 35.9 Å². The van der Waals surface area contributed by atoms with Gasteiger partial charge in [0.2, 0.25) is 0 Å². The summed E-state index contributed by atoms with van der Waals surface area (Å²) in [6, 6.07) is 73.3. The SMILES string of the molecule is C1=CC(c2ccccc2)[C@@H](n2c(-c3cc(-c4nc5ccccc5n4C4=C(c5ccccc5)CCC=C4)cc(-c4nc5ccccc5n4-c4ccccc4-c4ccccc4)c3)nc3ccccc32)C=C1. The van der Waals surface area contributed by atoms with Gasteiger partial charge in [-0.2, -0.15) is 0 Å². The molecule has 13 rings (SSSR count). The van der Waals surface area contributed by atoms with Crippen molar-refractivity contribution in [3.05, 3.63) is 254 Å². The molecule has 0 bridgehead atoms. The van der Waals surface area contributed by atoms with E-state index in [9.17, 15) is 0 Å². The topological polar surface area (TPSA) is 53.5 Å². The minimum absolute atomic E-state index is 0.0511. The molecule has 328 valence electrons. The van der Waals surface area contributed by atoms with Crippen LogP contribution in [0.3, 0.4) is 0 Å². The van der Waals surface area contributed by atoms with Crippen LogP contribution in [0.15, 0.2) is 243 Å². The molecule has 6 nitrogen and oxygen atoms in total. The van der Waals surface area contributed by atoms with Gasteiger partial charge in [-0.05, 0) is 102 Å². The lowest BCUT2D eigenvalue weighted by Crippen LogP contribution is -2.17. The van der Waals surface area contributed by atoms with Crippen molar-refractivity contribution in [2.24, 2.45) is 0 Å². The second-order valence-electron chi connectivity index (χ2n) is 17.9. The average Bonchev–Trinajstić information content (AvgIpc) is 4.14. The van der Waals surface area contributed by atoms with Crippen LogP contribution in [0, 0.1) is 0 Å². The highest BCUT2D eigenvalue weighted by Gasteiger charge is 2.29. The summed E-state index contributed by atoms with van der Waals surface area (Å²) < 4.78 is 7.17. The van der Waals surface area contributed by atoms with Crippen LogP contribution in [0.4, 0.5) is 0 Å². The first-order chi connectivity index (χ1) is 34.2. The summed E-state index contributed by atoms with van der Waals surface area (Å²) in [5, 5.41) is 0. The second kappa shape index (κ2) is 17.1. The van der Waals surface area contributed by atoms with Crippen molar-refractivity contribution >= 4 is 44.4 Å². The lowest BCUT2D eigenvalue weighted by molar-refractivity contribution is 0.563. The van der Waals surface area contributed by atoms with Crippen molar-refractivity contribution in [1.29, 1.82) is 0 Å². The summed E-state index contributed by atoms with van der Waals surface area (Å²) in [5.74, 6) is 2.64. The average molecular weight is 887 g/mol. The Morgan fingerprint density at radius 3 is 1.62 bits per heavy atom. The van der Waals surface area contributed by atoms with Gasteiger partial charge in [0.25, 0.3) is 0 Å². The third kappa shape index (κ3) is 7.08. The van der Waals surface area contributed by atoms with Crippen LogP contribution >= 0.6 is 0 Å². The Hall–Kier alpha value is -8.87. The quantitative estimate of drug-likeness (QED) is 0.145. The predicted octanol–water partition coefficient (Wildman–Crippen LogP) is 15.6. The standard InChI is InChI=1S/C63H46N6/c1-4-22-43(23-5-1)49-28-10-16-34-55(49)67-58-37-19-13-31-52(58)64-61(67)46-40-47(62-65-53-32-14-20-38-59(53)68(62)56-35-17-11-29-50(56)44-24-6-2-7-25-44)42-48(41-46)63-66-54-33-15-21-39-60(54)69(63)57-36-18-12-30-51(57)45-26-8-3-9-27-45/h1-11,13-29,31-42,49,55H,12,30H2/t49?,55-/m0/s1. The van der Waals surface area contributed by atoms with Crippen LogP contribution in [-0.2, 0) is 0 Å². The number of rotatable bonds is 9. The Kier molecular flexibility index (Phi) is 10.0. The van der Waals surface area contributed by atoms with Gasteiger partial charge in [-0.1, -0.05) is 176 Å². The van der Waals surface area contributed by atoms with Crippen LogP contribution in [-0.4, -0.2) is 28.7 Å². The molecule has 0 N–H and O–H groups in total. The zero-order chi connectivity index (χ0) is 45.7. The zero-order valence-corrected chi connectivity index (χ0v) is 37.8. The summed E-state index contributed by atoms with van der Waals surface area (Å²) in [6.45, 7) is 0. The lowest BCUT2D eigenvalue weighted by atomic mass is 9.87. The Labute approximate surface area is 400 Å². The van der Waals surface area contributed by atoms with Crippen molar-refractivity contribution < 1.29 is 0 Å². The zero-order valence-electron chi connectivity index (χ0n) is 37.8. The Morgan fingerprint density at radius 2 is 0.928 bits per heavy atom. The number of imidazole rings is 3. The molecule has 0 saturated heterocycles. The van der Waals surface area contributed by atoms with Crippen LogP contribution < -0.4 is 0 Å². The number of nitrogens with zero attached hydrogens (tertiary/aromatic N) is 6. The van der Waals surface area contributed by atoms with Gasteiger partial charge in [0.1, 0.15) is 17.5 Å². The van der Waals surface area contributed by atoms with E-state index in [0.29, 0.717) is 0 Å². The van der Waals surface area contributed by atoms with E-state index in [2.05, 4.69) is 256 Å². The molecule has 2 aliphatic rings. The largest absolute Gasteiger partial charge is 0.316 e. The first kappa shape index (κ1) is 40.4. The van der Waals surface area contributed by atoms with E-state index < -0.39 is 0 Å². The molecule has 0 aliphatic heterocycles. The minimum atomic E-state index is -0.0511. The monoisotopic (exact) mass is 886 g/mol. The van der Waals surface area contributed by atoms with Gasteiger partial charge >= 0.3 is 0 Å². The number of benzene rings is 8. The third-order valence-corrected chi connectivity index (χ3v) is 13.8. The first-order valence-electron chi connectivity index (χ1n) is 23.8. The smallest absolute Gasteiger partial charge is 0.145 e. The lowest BCUT2D eigenvalue weighted by Gasteiger charge is -2.28. The normalized spacial score (nSPS) is 15.8. The molecule has 3 aromatic heterocycles. The number of allylic oxidation sites excluding steroid dienone is 8. The van der Waals surface area contributed by atoms with Crippen LogP contribution in [0.2, 0.25) is 0 Å². The molecule has 11 aromatic rings. The number of para-hydroxylation sites is 7. The fourth-order valence-electron chi connectivity index (χ4n) is 10.6. The third-order valence-electron chi connectivity index (χ3n) is 13.8. The van der Waals surface area contributed by atoms with Gasteiger partial charge in [0.15, 0.2) is 0 Å². The van der Waals surface area contributed by atoms with Crippen molar-refractivity contribution in [3.63, 3.8) is 0 Å². The maximum absolute atomic E-state index is 5.57. The van der Waals surface area contributed by atoms with E-state index in [-0.39, 0.29) is 12.0 Å². The molecule has 0 spiro atoms. The molecule has 6 heteroatoms. The van der Waals surface area contributed by atoms with Gasteiger partial charge in [-0.15, -0.1) is 0 Å². The maximum Gasteiger partial charge on any atom is 0.145 e. The van der Waals surface area contributed by atoms with Crippen LogP contribution in [0.5, 0.6) is 0 Å². The summed E-state index contributed by atoms with van der Waals surface area (Å²) in [6.07, 6.45) is 15.5. The number of hydrogen-bond donors (Lipinski definition) is 0. The molecule has 0 amide bonds. The van der Waals surface area contributed by atoms with E-state index in [1.54, 1.807) is 0 Å². The molecule has 3 heterocycles. The summed E-state index contributed by atoms with van der Waals surface area (Å²) in [4.78, 5) is 16.7. The molecule has 0 fully saturated rings. The summed E-state index contributed by atoms with van der Waals surface area (Å²) in [7, 11) is 0. The number of hydrogen-bond acceptors (Lipinski definition) is 3. The first-order valence-corrected chi connectivity index (χ1v) is 23.8. The summed E-state index contributed by atoms with van der Waals surface area (Å²) in [5.41, 5.74) is 17.0. The van der Waals surface area contributed by atoms with E-state index in [0.717, 1.165) is 103 Å². The van der Waals surface area contributed by atoms with Crippen molar-refractivity contribution in [2.75, 3.05) is 0 Å². The molecule has 2 aliphatic carbocycles. The fraction of sp³-hybridized carbons (Fsp3) is 0.0635. The molecule has 0 saturated carbocycles. The Bertz CT molecular complexity index is 3850. The van der Waals surface area contributed by atoms with Crippen molar-refractivity contribution in [3.8, 4) is 51.0 Å². The summed E-state index contributed by atoms with van der Waals surface area (Å²) >= 11 is 0. The highest BCUT2D eigenvalue weighted by Crippen LogP contribution is 2.44. The fourth-order valence-corrected chi connectivity index (χ4v) is 10.6. The van der Waals surface area contributed by atoms with E-state index >= 15 is 0 Å². The van der Waals surface area contributed by atoms with Gasteiger partial charge in [-0.25, -0.2) is 15.0 Å². The van der Waals surface area contributed by atoms with Crippen molar-refractivity contribution in [2.45, 2.75) is 24.8 Å². The molecule has 1 unspecified atom stereocenters. The minimum Gasteiger partial charge on any atom is -0.316 e. The van der Waals surface area contributed by atoms with E-state index in [1.165, 1.54) is 16.7 Å². The highest BCUT2D eigenvalue weighted by molar-refractivity contribution is 5.97. The van der Waals surface area contributed by atoms with Crippen molar-refractivity contribution in [1.82, 2.24) is 28.7 Å². The van der Waals surface area contributed by atoms with Gasteiger partial charge < -0.3 is 4.57 Å². The van der Waals surface area contributed by atoms with E-state index in [4.69, 9.17) is 15.0 Å². The van der Waals surface area contributed by atoms with Crippen LogP contribution in [0.25, 0.3) is 95.3 Å². The molecular formula is C63H46N6. The number of aromatic nitrogens is 6. The Balaban J connectivity index is 1.12. The number of fused-ring (bicyclic) bond motifs is 3. The molecule has 8 aromatic carbocycles.